The third-order valence-corrected chi connectivity index (χ3v) is 9.46. The van der Waals surface area contributed by atoms with E-state index in [1.807, 2.05) is 19.9 Å². The number of hydrogen-bond donors (Lipinski definition) is 2. The van der Waals surface area contributed by atoms with E-state index in [2.05, 4.69) is 20.1 Å². The fourth-order valence-corrected chi connectivity index (χ4v) is 7.11. The van der Waals surface area contributed by atoms with Gasteiger partial charge >= 0.3 is 17.9 Å². The first-order valence-electron chi connectivity index (χ1n) is 15.2. The molecule has 1 spiro atoms. The second kappa shape index (κ2) is 14.6. The molecule has 3 rings (SSSR count). The van der Waals surface area contributed by atoms with Crippen LogP contribution >= 0.6 is 0 Å². The molecule has 0 amide bonds. The van der Waals surface area contributed by atoms with Crippen LogP contribution in [0.1, 0.15) is 79.6 Å². The highest BCUT2D eigenvalue weighted by Crippen LogP contribution is 2.67. The number of carbonyl (C=O) groups is 3. The van der Waals surface area contributed by atoms with Crippen molar-refractivity contribution in [3.05, 3.63) is 60.8 Å². The molecule has 1 saturated carbocycles. The van der Waals surface area contributed by atoms with Crippen LogP contribution in [-0.2, 0) is 33.3 Å². The number of allylic oxidation sites excluding steroid dienone is 5. The molecule has 0 aromatic heterocycles. The average Bonchev–Trinajstić information content (AvgIpc) is 3.23. The first kappa shape index (κ1) is 34.5. The monoisotopic (exact) mass is 600 g/mol. The Labute approximate surface area is 255 Å². The fraction of sp³-hybridized carbons (Fsp3) is 0.618. The molecule has 0 radical (unpaired) electrons. The molecule has 9 atom stereocenters. The van der Waals surface area contributed by atoms with E-state index in [9.17, 15) is 24.6 Å². The van der Waals surface area contributed by atoms with Crippen molar-refractivity contribution in [1.82, 2.24) is 0 Å². The van der Waals surface area contributed by atoms with E-state index in [1.165, 1.54) is 26.0 Å². The second-order valence-corrected chi connectivity index (χ2v) is 12.2. The van der Waals surface area contributed by atoms with Crippen LogP contribution in [0.3, 0.4) is 0 Å². The predicted octanol–water partition coefficient (Wildman–Crippen LogP) is 5.23. The summed E-state index contributed by atoms with van der Waals surface area (Å²) >= 11 is 0. The van der Waals surface area contributed by atoms with Gasteiger partial charge in [-0.1, -0.05) is 76.6 Å². The van der Waals surface area contributed by atoms with E-state index in [4.69, 9.17) is 18.9 Å². The molecule has 2 N–H and O–H groups in total. The number of ether oxygens (including phenoxy) is 4. The number of esters is 3. The first-order chi connectivity index (χ1) is 20.3. The minimum Gasteiger partial charge on any atom is -0.455 e. The molecule has 1 aliphatic heterocycles. The van der Waals surface area contributed by atoms with E-state index in [0.29, 0.717) is 18.4 Å². The summed E-state index contributed by atoms with van der Waals surface area (Å²) in [5.41, 5.74) is -1.04. The highest BCUT2D eigenvalue weighted by Gasteiger charge is 2.74. The van der Waals surface area contributed by atoms with Crippen LogP contribution in [0.25, 0.3) is 0 Å². The number of unbranched alkanes of at least 4 members (excludes halogenated alkanes) is 3. The molecule has 3 aliphatic rings. The molecule has 1 heterocycles. The molecule has 0 unspecified atom stereocenters. The lowest BCUT2D eigenvalue weighted by atomic mass is 9.44. The maximum absolute atomic E-state index is 13.2. The van der Waals surface area contributed by atoms with Crippen LogP contribution in [0.15, 0.2) is 60.8 Å². The molecule has 9 heteroatoms. The standard InChI is InChI=1S/C34H48O9/c1-8-10-11-12-13-14-15-16-28(38)42-30-29(39)22(4)33(7,18-17-21(3)9-2)27-20-25(37)19-26-31(40-23(5)35)43-32(34(26,27)30)41-24(6)36/h9,13-16,19,22,25,27,29-32,37,39H,2-3,8,10-12,17-18,20H2,1,4-7H3/b14-13+,16-15-/t22-,25+,27+,29-,30+,31+,32+,33-,34-/m1/s1. The van der Waals surface area contributed by atoms with Gasteiger partial charge in [0.15, 0.2) is 0 Å². The maximum atomic E-state index is 13.2. The summed E-state index contributed by atoms with van der Waals surface area (Å²) < 4.78 is 23.4. The molecule has 2 fully saturated rings. The van der Waals surface area contributed by atoms with Crippen LogP contribution in [0.2, 0.25) is 0 Å². The van der Waals surface area contributed by atoms with Crippen molar-refractivity contribution in [3.8, 4) is 0 Å². The fourth-order valence-electron chi connectivity index (χ4n) is 7.11. The zero-order valence-electron chi connectivity index (χ0n) is 26.1. The van der Waals surface area contributed by atoms with Crippen LogP contribution in [0.4, 0.5) is 0 Å². The summed E-state index contributed by atoms with van der Waals surface area (Å²) in [4.78, 5) is 37.8. The zero-order valence-corrected chi connectivity index (χ0v) is 26.1. The van der Waals surface area contributed by atoms with Gasteiger partial charge < -0.3 is 24.4 Å². The molecule has 0 bridgehead atoms. The molecule has 0 aromatic rings. The van der Waals surface area contributed by atoms with Crippen molar-refractivity contribution in [2.24, 2.45) is 22.7 Å². The molecular formula is C34H48O9. The van der Waals surface area contributed by atoms with Crippen molar-refractivity contribution in [1.29, 1.82) is 0 Å². The second-order valence-electron chi connectivity index (χ2n) is 12.2. The highest BCUT2D eigenvalue weighted by molar-refractivity contribution is 5.82. The topological polar surface area (TPSA) is 129 Å². The molecule has 238 valence electrons. The number of rotatable bonds is 13. The van der Waals surface area contributed by atoms with Gasteiger partial charge in [-0.15, -0.1) is 0 Å². The van der Waals surface area contributed by atoms with Gasteiger partial charge in [0.25, 0.3) is 0 Å². The quantitative estimate of drug-likeness (QED) is 0.0729. The Morgan fingerprint density at radius 3 is 2.44 bits per heavy atom. The van der Waals surface area contributed by atoms with E-state index in [-0.39, 0.29) is 6.42 Å². The van der Waals surface area contributed by atoms with Gasteiger partial charge in [0.1, 0.15) is 11.5 Å². The van der Waals surface area contributed by atoms with Gasteiger partial charge in [0.05, 0.1) is 12.2 Å². The SMILES string of the molecule is C=CC(=C)CC[C@]1(C)[C@H](C)[C@@H](O)[C@H](OC(=O)/C=C\C=C\CCCCC)[C@@]23C(=C[C@H](O)C[C@@H]12)[C@@H](OC(C)=O)O[C@@H]3OC(C)=O. The van der Waals surface area contributed by atoms with Gasteiger partial charge in [-0.2, -0.15) is 0 Å². The minimum absolute atomic E-state index is 0.204. The summed E-state index contributed by atoms with van der Waals surface area (Å²) in [5, 5.41) is 23.1. The van der Waals surface area contributed by atoms with E-state index in [0.717, 1.165) is 31.3 Å². The molecule has 0 aromatic carbocycles. The highest BCUT2D eigenvalue weighted by atomic mass is 16.8. The van der Waals surface area contributed by atoms with Crippen molar-refractivity contribution >= 4 is 17.9 Å². The Morgan fingerprint density at radius 1 is 1.12 bits per heavy atom. The lowest BCUT2D eigenvalue weighted by molar-refractivity contribution is -0.276. The first-order valence-corrected chi connectivity index (χ1v) is 15.2. The van der Waals surface area contributed by atoms with E-state index < -0.39 is 71.5 Å². The smallest absolute Gasteiger partial charge is 0.331 e. The molecular weight excluding hydrogens is 552 g/mol. The third kappa shape index (κ3) is 7.21. The number of hydrogen-bond acceptors (Lipinski definition) is 9. The lowest BCUT2D eigenvalue weighted by Crippen LogP contribution is -2.68. The summed E-state index contributed by atoms with van der Waals surface area (Å²) in [6.07, 6.45) is 9.18. The largest absolute Gasteiger partial charge is 0.455 e. The third-order valence-electron chi connectivity index (χ3n) is 9.46. The molecule has 2 aliphatic carbocycles. The van der Waals surface area contributed by atoms with Crippen molar-refractivity contribution in [2.75, 3.05) is 0 Å². The molecule has 1 saturated heterocycles. The Hall–Kier alpha value is -3.01. The number of aliphatic hydroxyl groups is 2. The summed E-state index contributed by atoms with van der Waals surface area (Å²) in [7, 11) is 0. The van der Waals surface area contributed by atoms with Crippen molar-refractivity contribution in [3.63, 3.8) is 0 Å². The molecule has 9 nitrogen and oxygen atoms in total. The van der Waals surface area contributed by atoms with Crippen LogP contribution < -0.4 is 0 Å². The zero-order chi connectivity index (χ0) is 31.9. The Morgan fingerprint density at radius 2 is 1.81 bits per heavy atom. The Bertz CT molecular complexity index is 1150. The van der Waals surface area contributed by atoms with Gasteiger partial charge in [0, 0.05) is 25.5 Å². The minimum atomic E-state index is -1.46. The van der Waals surface area contributed by atoms with Crippen molar-refractivity contribution in [2.45, 2.75) is 110 Å². The van der Waals surface area contributed by atoms with Crippen LogP contribution in [0.5, 0.6) is 0 Å². The van der Waals surface area contributed by atoms with Gasteiger partial charge in [0.2, 0.25) is 12.6 Å². The number of carbonyl (C=O) groups excluding carboxylic acids is 3. The van der Waals surface area contributed by atoms with Gasteiger partial charge in [-0.25, -0.2) is 4.79 Å². The Kier molecular flexibility index (Phi) is 11.7. The van der Waals surface area contributed by atoms with Crippen LogP contribution in [0, 0.1) is 22.7 Å². The van der Waals surface area contributed by atoms with E-state index >= 15 is 0 Å². The lowest BCUT2D eigenvalue weighted by Gasteiger charge is -2.62. The van der Waals surface area contributed by atoms with Gasteiger partial charge in [-0.3, -0.25) is 14.3 Å². The Balaban J connectivity index is 2.13. The summed E-state index contributed by atoms with van der Waals surface area (Å²) in [5.74, 6) is -2.98. The maximum Gasteiger partial charge on any atom is 0.331 e. The average molecular weight is 601 g/mol. The van der Waals surface area contributed by atoms with Crippen LogP contribution in [-0.4, -0.2) is 59.0 Å². The van der Waals surface area contributed by atoms with E-state index in [1.54, 1.807) is 18.2 Å². The predicted molar refractivity (Wildman–Crippen MR) is 161 cm³/mol. The van der Waals surface area contributed by atoms with Crippen molar-refractivity contribution < 1.29 is 43.5 Å². The normalized spacial score (nSPS) is 35.1. The number of aliphatic hydroxyl groups excluding tert-OH is 2. The molecule has 43 heavy (non-hydrogen) atoms. The summed E-state index contributed by atoms with van der Waals surface area (Å²) in [6, 6.07) is 0. The van der Waals surface area contributed by atoms with Gasteiger partial charge in [-0.05, 0) is 55.4 Å². The summed E-state index contributed by atoms with van der Waals surface area (Å²) in [6.45, 7) is 16.3.